The fraction of sp³-hybridized carbons (Fsp3) is 0.154. The first kappa shape index (κ1) is 12.6. The molecular formula is C13H11N3O3S. The minimum atomic E-state index is -0.396. The van der Waals surface area contributed by atoms with Gasteiger partial charge in [-0.25, -0.2) is 14.3 Å². The molecule has 0 N–H and O–H groups in total. The van der Waals surface area contributed by atoms with E-state index >= 15 is 0 Å². The lowest BCUT2D eigenvalue weighted by molar-refractivity contribution is 0.0605. The second-order valence-electron chi connectivity index (χ2n) is 4.14. The van der Waals surface area contributed by atoms with Crippen molar-refractivity contribution in [3.8, 4) is 0 Å². The first-order valence-corrected chi connectivity index (χ1v) is 6.77. The van der Waals surface area contributed by atoms with Gasteiger partial charge in [0.15, 0.2) is 5.65 Å². The van der Waals surface area contributed by atoms with Gasteiger partial charge in [-0.1, -0.05) is 6.07 Å². The summed E-state index contributed by atoms with van der Waals surface area (Å²) in [6.07, 6.45) is 1.66. The maximum Gasteiger partial charge on any atom is 0.350 e. The molecule has 3 aromatic rings. The summed E-state index contributed by atoms with van der Waals surface area (Å²) >= 11 is 1.29. The summed E-state index contributed by atoms with van der Waals surface area (Å²) in [4.78, 5) is 24.3. The summed E-state index contributed by atoms with van der Waals surface area (Å²) < 4.78 is 7.52. The van der Waals surface area contributed by atoms with Crippen LogP contribution in [0.3, 0.4) is 0 Å². The van der Waals surface area contributed by atoms with Crippen molar-refractivity contribution >= 4 is 23.0 Å². The Bertz CT molecular complexity index is 831. The van der Waals surface area contributed by atoms with Crippen molar-refractivity contribution in [2.24, 2.45) is 0 Å². The van der Waals surface area contributed by atoms with Gasteiger partial charge in [0.1, 0.15) is 4.88 Å². The van der Waals surface area contributed by atoms with E-state index in [1.54, 1.807) is 29.8 Å². The van der Waals surface area contributed by atoms with Crippen LogP contribution >= 0.6 is 11.3 Å². The van der Waals surface area contributed by atoms with Crippen LogP contribution in [0.1, 0.15) is 15.2 Å². The molecule has 0 saturated heterocycles. The van der Waals surface area contributed by atoms with Gasteiger partial charge in [-0.15, -0.1) is 16.4 Å². The van der Waals surface area contributed by atoms with Crippen LogP contribution in [0.25, 0.3) is 5.65 Å². The van der Waals surface area contributed by atoms with Crippen molar-refractivity contribution in [2.45, 2.75) is 6.54 Å². The first-order valence-electron chi connectivity index (χ1n) is 5.89. The van der Waals surface area contributed by atoms with Crippen LogP contribution in [0, 0.1) is 0 Å². The maximum atomic E-state index is 12.2. The van der Waals surface area contributed by atoms with E-state index in [1.807, 2.05) is 6.07 Å². The summed E-state index contributed by atoms with van der Waals surface area (Å²) in [7, 11) is 1.34. The van der Waals surface area contributed by atoms with Gasteiger partial charge in [0, 0.05) is 6.20 Å². The molecule has 0 spiro atoms. The van der Waals surface area contributed by atoms with Crippen molar-refractivity contribution in [2.75, 3.05) is 7.11 Å². The van der Waals surface area contributed by atoms with Crippen LogP contribution < -0.4 is 5.69 Å². The van der Waals surface area contributed by atoms with Gasteiger partial charge in [0.05, 0.1) is 13.7 Å². The number of fused-ring (bicyclic) bond motifs is 1. The molecule has 0 saturated carbocycles. The molecule has 0 bridgehead atoms. The SMILES string of the molecule is COC(=O)c1sccc1Cn1nc2ccccn2c1=O. The zero-order chi connectivity index (χ0) is 14.1. The molecule has 0 atom stereocenters. The highest BCUT2D eigenvalue weighted by atomic mass is 32.1. The molecule has 3 rings (SSSR count). The van der Waals surface area contributed by atoms with Crippen molar-refractivity contribution in [1.82, 2.24) is 14.2 Å². The van der Waals surface area contributed by atoms with Crippen LogP contribution in [0.15, 0.2) is 40.6 Å². The average molecular weight is 289 g/mol. The van der Waals surface area contributed by atoms with E-state index in [0.717, 1.165) is 5.56 Å². The Hall–Kier alpha value is -2.41. The number of carbonyl (C=O) groups excluding carboxylic acids is 1. The number of hydrogen-bond donors (Lipinski definition) is 0. The van der Waals surface area contributed by atoms with E-state index in [2.05, 4.69) is 5.10 Å². The molecule has 0 aliphatic heterocycles. The number of ether oxygens (including phenoxy) is 1. The molecule has 0 unspecified atom stereocenters. The van der Waals surface area contributed by atoms with E-state index in [9.17, 15) is 9.59 Å². The van der Waals surface area contributed by atoms with Crippen molar-refractivity contribution in [3.05, 3.63) is 56.8 Å². The standard InChI is InChI=1S/C13H11N3O3S/c1-19-12(17)11-9(5-7-20-11)8-16-13(18)15-6-3-2-4-10(15)14-16/h2-7H,8H2,1H3. The second kappa shape index (κ2) is 4.93. The summed E-state index contributed by atoms with van der Waals surface area (Å²) in [5.41, 5.74) is 1.07. The monoisotopic (exact) mass is 289 g/mol. The Morgan fingerprint density at radius 3 is 3.00 bits per heavy atom. The van der Waals surface area contributed by atoms with Gasteiger partial charge in [-0.05, 0) is 29.1 Å². The third-order valence-corrected chi connectivity index (χ3v) is 3.86. The van der Waals surface area contributed by atoms with Gasteiger partial charge < -0.3 is 4.74 Å². The van der Waals surface area contributed by atoms with Crippen molar-refractivity contribution in [3.63, 3.8) is 0 Å². The number of hydrogen-bond acceptors (Lipinski definition) is 5. The molecule has 0 radical (unpaired) electrons. The molecule has 102 valence electrons. The van der Waals surface area contributed by atoms with Crippen LogP contribution in [0.5, 0.6) is 0 Å². The van der Waals surface area contributed by atoms with E-state index in [0.29, 0.717) is 10.5 Å². The highest BCUT2D eigenvalue weighted by molar-refractivity contribution is 7.12. The van der Waals surface area contributed by atoms with Gasteiger partial charge >= 0.3 is 11.7 Å². The number of esters is 1. The molecule has 3 aromatic heterocycles. The summed E-state index contributed by atoms with van der Waals surface area (Å²) in [5, 5.41) is 6.03. The van der Waals surface area contributed by atoms with E-state index in [4.69, 9.17) is 4.74 Å². The third-order valence-electron chi connectivity index (χ3n) is 2.93. The lowest BCUT2D eigenvalue weighted by Crippen LogP contribution is -2.22. The number of carbonyl (C=O) groups is 1. The highest BCUT2D eigenvalue weighted by Gasteiger charge is 2.15. The Kier molecular flexibility index (Phi) is 3.11. The summed E-state index contributed by atoms with van der Waals surface area (Å²) in [5.74, 6) is -0.396. The van der Waals surface area contributed by atoms with E-state index in [-0.39, 0.29) is 12.2 Å². The predicted molar refractivity (Wildman–Crippen MR) is 74.2 cm³/mol. The predicted octanol–water partition coefficient (Wildman–Crippen LogP) is 1.39. The number of aromatic nitrogens is 3. The lowest BCUT2D eigenvalue weighted by Gasteiger charge is -2.01. The van der Waals surface area contributed by atoms with Gasteiger partial charge in [-0.3, -0.25) is 4.40 Å². The number of methoxy groups -OCH3 is 1. The second-order valence-corrected chi connectivity index (χ2v) is 5.05. The molecule has 0 aromatic carbocycles. The third kappa shape index (κ3) is 2.01. The Labute approximate surface area is 117 Å². The Morgan fingerprint density at radius 2 is 2.25 bits per heavy atom. The molecule has 0 aliphatic rings. The average Bonchev–Trinajstić information content (AvgIpc) is 3.05. The zero-order valence-electron chi connectivity index (χ0n) is 10.6. The zero-order valence-corrected chi connectivity index (χ0v) is 11.5. The van der Waals surface area contributed by atoms with Gasteiger partial charge in [0.25, 0.3) is 0 Å². The van der Waals surface area contributed by atoms with Gasteiger partial charge in [-0.2, -0.15) is 0 Å². The molecule has 0 amide bonds. The van der Waals surface area contributed by atoms with Crippen molar-refractivity contribution in [1.29, 1.82) is 0 Å². The van der Waals surface area contributed by atoms with Crippen LogP contribution in [-0.4, -0.2) is 27.3 Å². The molecule has 6 nitrogen and oxygen atoms in total. The number of thiophene rings is 1. The quantitative estimate of drug-likeness (QED) is 0.683. The van der Waals surface area contributed by atoms with Crippen molar-refractivity contribution < 1.29 is 9.53 Å². The largest absolute Gasteiger partial charge is 0.465 e. The normalized spacial score (nSPS) is 10.8. The topological polar surface area (TPSA) is 65.6 Å². The van der Waals surface area contributed by atoms with E-state index in [1.165, 1.54) is 27.5 Å². The molecule has 7 heteroatoms. The Morgan fingerprint density at radius 1 is 1.40 bits per heavy atom. The van der Waals surface area contributed by atoms with Crippen LogP contribution in [-0.2, 0) is 11.3 Å². The molecule has 0 aliphatic carbocycles. The summed E-state index contributed by atoms with van der Waals surface area (Å²) in [6, 6.07) is 7.14. The first-order chi connectivity index (χ1) is 9.70. The van der Waals surface area contributed by atoms with Crippen LogP contribution in [0.2, 0.25) is 0 Å². The Balaban J connectivity index is 2.02. The number of nitrogens with zero attached hydrogens (tertiary/aromatic N) is 3. The van der Waals surface area contributed by atoms with E-state index < -0.39 is 5.97 Å². The summed E-state index contributed by atoms with van der Waals surface area (Å²) in [6.45, 7) is 0.244. The number of pyridine rings is 1. The fourth-order valence-corrected chi connectivity index (χ4v) is 2.80. The van der Waals surface area contributed by atoms with Crippen LogP contribution in [0.4, 0.5) is 0 Å². The smallest absolute Gasteiger partial charge is 0.350 e. The van der Waals surface area contributed by atoms with Gasteiger partial charge in [0.2, 0.25) is 0 Å². The minimum absolute atomic E-state index is 0.234. The molecular weight excluding hydrogens is 278 g/mol. The lowest BCUT2D eigenvalue weighted by atomic mass is 10.2. The molecule has 0 fully saturated rings. The minimum Gasteiger partial charge on any atom is -0.465 e. The fourth-order valence-electron chi connectivity index (χ4n) is 1.96. The molecule has 20 heavy (non-hydrogen) atoms. The highest BCUT2D eigenvalue weighted by Crippen LogP contribution is 2.18. The maximum absolute atomic E-state index is 12.2. The molecule has 3 heterocycles. The number of rotatable bonds is 3.